The number of nitrogens with zero attached hydrogens (tertiary/aromatic N) is 2. The molecular formula is C14H15N3OS. The normalized spacial score (nSPS) is 11.2. The zero-order valence-electron chi connectivity index (χ0n) is 10.4. The van der Waals surface area contributed by atoms with Crippen molar-refractivity contribution in [3.8, 4) is 0 Å². The van der Waals surface area contributed by atoms with Crippen molar-refractivity contribution in [3.63, 3.8) is 0 Å². The van der Waals surface area contributed by atoms with Crippen LogP contribution in [-0.2, 0) is 13.0 Å². The van der Waals surface area contributed by atoms with Crippen LogP contribution >= 0.6 is 11.3 Å². The molecule has 0 saturated heterocycles. The lowest BCUT2D eigenvalue weighted by Gasteiger charge is -2.06. The van der Waals surface area contributed by atoms with E-state index in [1.54, 1.807) is 11.3 Å². The minimum Gasteiger partial charge on any atom is -0.397 e. The zero-order valence-corrected chi connectivity index (χ0v) is 11.2. The second kappa shape index (κ2) is 5.03. The van der Waals surface area contributed by atoms with Gasteiger partial charge in [0.1, 0.15) is 11.3 Å². The van der Waals surface area contributed by atoms with Crippen molar-refractivity contribution in [2.45, 2.75) is 13.0 Å². The number of aliphatic hydroxyl groups is 1. The fourth-order valence-corrected chi connectivity index (χ4v) is 2.97. The standard InChI is InChI=1S/C14H15N3OS/c15-11-4-1-5-12-14(11)16-13(17(12)6-7-18)9-10-3-2-8-19-10/h1-5,8,18H,6-7,9,15H2. The highest BCUT2D eigenvalue weighted by Crippen LogP contribution is 2.24. The average Bonchev–Trinajstić information content (AvgIpc) is 3.01. The van der Waals surface area contributed by atoms with Crippen LogP contribution in [0.3, 0.4) is 0 Å². The van der Waals surface area contributed by atoms with E-state index in [0.29, 0.717) is 12.2 Å². The molecule has 0 spiro atoms. The second-order valence-electron chi connectivity index (χ2n) is 4.37. The Morgan fingerprint density at radius 1 is 1.26 bits per heavy atom. The van der Waals surface area contributed by atoms with E-state index in [2.05, 4.69) is 16.4 Å². The highest BCUT2D eigenvalue weighted by Gasteiger charge is 2.12. The summed E-state index contributed by atoms with van der Waals surface area (Å²) in [6, 6.07) is 9.89. The zero-order chi connectivity index (χ0) is 13.2. The molecule has 3 aromatic rings. The predicted octanol–water partition coefficient (Wildman–Crippen LogP) is 2.26. The van der Waals surface area contributed by atoms with Gasteiger partial charge in [-0.3, -0.25) is 0 Å². The number of rotatable bonds is 4. The van der Waals surface area contributed by atoms with Crippen LogP contribution in [0.25, 0.3) is 11.0 Å². The number of para-hydroxylation sites is 1. The number of imidazole rings is 1. The topological polar surface area (TPSA) is 64.1 Å². The molecule has 0 aliphatic rings. The van der Waals surface area contributed by atoms with E-state index in [1.165, 1.54) is 4.88 Å². The third kappa shape index (κ3) is 2.22. The van der Waals surface area contributed by atoms with Gasteiger partial charge in [0.2, 0.25) is 0 Å². The van der Waals surface area contributed by atoms with Crippen LogP contribution in [0, 0.1) is 0 Å². The maximum atomic E-state index is 9.24. The number of hydrogen-bond donors (Lipinski definition) is 2. The van der Waals surface area contributed by atoms with Gasteiger partial charge in [-0.2, -0.15) is 0 Å². The first kappa shape index (κ1) is 12.2. The Hall–Kier alpha value is -1.85. The van der Waals surface area contributed by atoms with Gasteiger partial charge < -0.3 is 15.4 Å². The molecule has 0 saturated carbocycles. The van der Waals surface area contributed by atoms with Crippen molar-refractivity contribution in [3.05, 3.63) is 46.4 Å². The Balaban J connectivity index is 2.11. The largest absolute Gasteiger partial charge is 0.397 e. The van der Waals surface area contributed by atoms with E-state index in [4.69, 9.17) is 5.73 Å². The first-order chi connectivity index (χ1) is 9.29. The van der Waals surface area contributed by atoms with Crippen LogP contribution < -0.4 is 5.73 Å². The Morgan fingerprint density at radius 3 is 2.89 bits per heavy atom. The van der Waals surface area contributed by atoms with Gasteiger partial charge in [0, 0.05) is 17.8 Å². The summed E-state index contributed by atoms with van der Waals surface area (Å²) in [7, 11) is 0. The van der Waals surface area contributed by atoms with Gasteiger partial charge >= 0.3 is 0 Å². The summed E-state index contributed by atoms with van der Waals surface area (Å²) < 4.78 is 2.05. The summed E-state index contributed by atoms with van der Waals surface area (Å²) >= 11 is 1.71. The summed E-state index contributed by atoms with van der Waals surface area (Å²) in [6.45, 7) is 0.637. The number of nitrogen functional groups attached to an aromatic ring is 1. The second-order valence-corrected chi connectivity index (χ2v) is 5.41. The number of nitrogens with two attached hydrogens (primary N) is 1. The Bertz CT molecular complexity index is 688. The first-order valence-corrected chi connectivity index (χ1v) is 7.04. The molecule has 0 aliphatic heterocycles. The number of hydrogen-bond acceptors (Lipinski definition) is 4. The Kier molecular flexibility index (Phi) is 3.23. The fraction of sp³-hybridized carbons (Fsp3) is 0.214. The molecule has 0 bridgehead atoms. The summed E-state index contributed by atoms with van der Waals surface area (Å²) in [5.74, 6) is 0.949. The molecule has 2 heterocycles. The molecule has 0 atom stereocenters. The molecule has 0 amide bonds. The minimum absolute atomic E-state index is 0.0949. The molecule has 0 radical (unpaired) electrons. The van der Waals surface area contributed by atoms with Crippen molar-refractivity contribution in [1.82, 2.24) is 9.55 Å². The van der Waals surface area contributed by atoms with Crippen LogP contribution in [0.4, 0.5) is 5.69 Å². The number of fused-ring (bicyclic) bond motifs is 1. The molecule has 0 unspecified atom stereocenters. The van der Waals surface area contributed by atoms with Crippen LogP contribution in [0.5, 0.6) is 0 Å². The molecule has 98 valence electrons. The van der Waals surface area contributed by atoms with Crippen molar-refractivity contribution in [2.24, 2.45) is 0 Å². The molecule has 2 aromatic heterocycles. The fourth-order valence-electron chi connectivity index (χ4n) is 2.27. The van der Waals surface area contributed by atoms with Crippen molar-refractivity contribution in [2.75, 3.05) is 12.3 Å². The van der Waals surface area contributed by atoms with Crippen LogP contribution in [-0.4, -0.2) is 21.3 Å². The highest BCUT2D eigenvalue weighted by atomic mass is 32.1. The smallest absolute Gasteiger partial charge is 0.115 e. The van der Waals surface area contributed by atoms with Crippen molar-refractivity contribution < 1.29 is 5.11 Å². The Morgan fingerprint density at radius 2 is 2.16 bits per heavy atom. The molecular weight excluding hydrogens is 258 g/mol. The average molecular weight is 273 g/mol. The third-order valence-electron chi connectivity index (χ3n) is 3.13. The van der Waals surface area contributed by atoms with Crippen molar-refractivity contribution >= 4 is 28.1 Å². The number of anilines is 1. The molecule has 0 aliphatic carbocycles. The van der Waals surface area contributed by atoms with E-state index in [9.17, 15) is 5.11 Å². The Labute approximate surface area is 115 Å². The molecule has 0 fully saturated rings. The molecule has 3 N–H and O–H groups in total. The van der Waals surface area contributed by atoms with E-state index < -0.39 is 0 Å². The monoisotopic (exact) mass is 273 g/mol. The summed E-state index contributed by atoms with van der Waals surface area (Å²) in [6.07, 6.45) is 0.770. The maximum absolute atomic E-state index is 9.24. The van der Waals surface area contributed by atoms with E-state index in [-0.39, 0.29) is 6.61 Å². The summed E-state index contributed by atoms with van der Waals surface area (Å²) in [4.78, 5) is 5.90. The number of thiophene rings is 1. The third-order valence-corrected chi connectivity index (χ3v) is 4.00. The van der Waals surface area contributed by atoms with Gasteiger partial charge in [0.25, 0.3) is 0 Å². The molecule has 3 rings (SSSR count). The lowest BCUT2D eigenvalue weighted by atomic mass is 10.3. The van der Waals surface area contributed by atoms with E-state index in [1.807, 2.05) is 28.8 Å². The predicted molar refractivity (Wildman–Crippen MR) is 78.4 cm³/mol. The number of aliphatic hydroxyl groups excluding tert-OH is 1. The van der Waals surface area contributed by atoms with E-state index in [0.717, 1.165) is 23.3 Å². The van der Waals surface area contributed by atoms with Gasteiger partial charge in [-0.25, -0.2) is 4.98 Å². The van der Waals surface area contributed by atoms with Crippen LogP contribution in [0.15, 0.2) is 35.7 Å². The SMILES string of the molecule is Nc1cccc2c1nc(Cc1cccs1)n2CCO. The van der Waals surface area contributed by atoms with Gasteiger partial charge in [-0.05, 0) is 23.6 Å². The summed E-state index contributed by atoms with van der Waals surface area (Å²) in [5.41, 5.74) is 8.46. The molecule has 5 heteroatoms. The molecule has 19 heavy (non-hydrogen) atoms. The number of aromatic nitrogens is 2. The van der Waals surface area contributed by atoms with Gasteiger partial charge in [-0.15, -0.1) is 11.3 Å². The lowest BCUT2D eigenvalue weighted by Crippen LogP contribution is -2.07. The lowest BCUT2D eigenvalue weighted by molar-refractivity contribution is 0.276. The van der Waals surface area contributed by atoms with E-state index >= 15 is 0 Å². The van der Waals surface area contributed by atoms with Gasteiger partial charge in [-0.1, -0.05) is 12.1 Å². The quantitative estimate of drug-likeness (QED) is 0.717. The van der Waals surface area contributed by atoms with Gasteiger partial charge in [0.05, 0.1) is 17.8 Å². The van der Waals surface area contributed by atoms with Crippen molar-refractivity contribution in [1.29, 1.82) is 0 Å². The summed E-state index contributed by atoms with van der Waals surface area (Å²) in [5, 5.41) is 11.3. The maximum Gasteiger partial charge on any atom is 0.115 e. The molecule has 1 aromatic carbocycles. The van der Waals surface area contributed by atoms with Crippen LogP contribution in [0.2, 0.25) is 0 Å². The van der Waals surface area contributed by atoms with Gasteiger partial charge in [0.15, 0.2) is 0 Å². The minimum atomic E-state index is 0.0949. The highest BCUT2D eigenvalue weighted by molar-refractivity contribution is 7.09. The van der Waals surface area contributed by atoms with Crippen LogP contribution in [0.1, 0.15) is 10.7 Å². The molecule has 4 nitrogen and oxygen atoms in total. The first-order valence-electron chi connectivity index (χ1n) is 6.16. The number of benzene rings is 1.